The molecule has 0 saturated heterocycles. The summed E-state index contributed by atoms with van der Waals surface area (Å²) in [5.74, 6) is 0.894. The maximum atomic E-state index is 11.7. The summed E-state index contributed by atoms with van der Waals surface area (Å²) < 4.78 is 5.04. The van der Waals surface area contributed by atoms with Crippen LogP contribution in [-0.2, 0) is 9.53 Å². The van der Waals surface area contributed by atoms with Crippen LogP contribution in [0.5, 0.6) is 0 Å². The number of amides is 1. The zero-order valence-corrected chi connectivity index (χ0v) is 12.5. The van der Waals surface area contributed by atoms with Crippen molar-refractivity contribution in [1.82, 2.24) is 5.32 Å². The number of primary amides is 1. The van der Waals surface area contributed by atoms with Gasteiger partial charge >= 0.3 is 0 Å². The zero-order valence-electron chi connectivity index (χ0n) is 11.7. The van der Waals surface area contributed by atoms with E-state index in [9.17, 15) is 4.79 Å². The first kappa shape index (κ1) is 15.8. The molecule has 1 saturated carbocycles. The Hall–Kier alpha value is -0.260. The van der Waals surface area contributed by atoms with Gasteiger partial charge in [0, 0.05) is 25.0 Å². The lowest BCUT2D eigenvalue weighted by molar-refractivity contribution is -0.124. The molecule has 0 spiro atoms. The van der Waals surface area contributed by atoms with Crippen molar-refractivity contribution in [2.75, 3.05) is 19.5 Å². The molecule has 1 aliphatic rings. The van der Waals surface area contributed by atoms with E-state index in [1.54, 1.807) is 7.11 Å². The van der Waals surface area contributed by atoms with Crippen LogP contribution in [0.15, 0.2) is 0 Å². The summed E-state index contributed by atoms with van der Waals surface area (Å²) >= 11 is 1.94. The molecular formula is C13H26N2O2S. The van der Waals surface area contributed by atoms with Crippen LogP contribution in [0.1, 0.15) is 39.5 Å². The molecule has 0 radical (unpaired) electrons. The van der Waals surface area contributed by atoms with Crippen molar-refractivity contribution in [3.8, 4) is 0 Å². The van der Waals surface area contributed by atoms with E-state index >= 15 is 0 Å². The second-order valence-electron chi connectivity index (χ2n) is 5.33. The highest BCUT2D eigenvalue weighted by molar-refractivity contribution is 7.99. The Balaban J connectivity index is 2.42. The molecule has 1 rings (SSSR count). The molecule has 2 atom stereocenters. The van der Waals surface area contributed by atoms with Crippen molar-refractivity contribution in [2.24, 2.45) is 5.73 Å². The highest BCUT2D eigenvalue weighted by Crippen LogP contribution is 2.37. The molecule has 0 heterocycles. The maximum absolute atomic E-state index is 11.7. The van der Waals surface area contributed by atoms with Crippen LogP contribution in [0.4, 0.5) is 0 Å². The van der Waals surface area contributed by atoms with Crippen molar-refractivity contribution < 1.29 is 9.53 Å². The SMILES string of the molecule is COCCCSC1CCC(NC(C)C)(C(N)=O)C1. The van der Waals surface area contributed by atoms with E-state index in [4.69, 9.17) is 10.5 Å². The quantitative estimate of drug-likeness (QED) is 0.659. The molecule has 2 unspecified atom stereocenters. The predicted molar refractivity (Wildman–Crippen MR) is 76.8 cm³/mol. The number of methoxy groups -OCH3 is 1. The van der Waals surface area contributed by atoms with E-state index in [1.807, 2.05) is 11.8 Å². The molecule has 1 fully saturated rings. The fourth-order valence-electron chi connectivity index (χ4n) is 2.57. The third kappa shape index (κ3) is 4.44. The predicted octanol–water partition coefficient (Wildman–Crippen LogP) is 1.53. The van der Waals surface area contributed by atoms with Gasteiger partial charge in [-0.15, -0.1) is 0 Å². The molecule has 4 nitrogen and oxygen atoms in total. The summed E-state index contributed by atoms with van der Waals surface area (Å²) in [5, 5.41) is 3.92. The van der Waals surface area contributed by atoms with Gasteiger partial charge in [0.05, 0.1) is 5.54 Å². The monoisotopic (exact) mass is 274 g/mol. The molecule has 0 aromatic rings. The van der Waals surface area contributed by atoms with E-state index in [0.29, 0.717) is 5.25 Å². The van der Waals surface area contributed by atoms with Gasteiger partial charge in [0.1, 0.15) is 0 Å². The van der Waals surface area contributed by atoms with E-state index in [-0.39, 0.29) is 11.9 Å². The number of carbonyl (C=O) groups is 1. The first-order valence-electron chi connectivity index (χ1n) is 6.68. The molecule has 106 valence electrons. The fourth-order valence-corrected chi connectivity index (χ4v) is 3.88. The van der Waals surface area contributed by atoms with Crippen LogP contribution in [0, 0.1) is 0 Å². The lowest BCUT2D eigenvalue weighted by Crippen LogP contribution is -2.56. The van der Waals surface area contributed by atoms with E-state index in [0.717, 1.165) is 38.0 Å². The molecule has 0 aromatic carbocycles. The lowest BCUT2D eigenvalue weighted by Gasteiger charge is -2.29. The minimum Gasteiger partial charge on any atom is -0.385 e. The van der Waals surface area contributed by atoms with Gasteiger partial charge in [-0.2, -0.15) is 11.8 Å². The molecule has 5 heteroatoms. The minimum atomic E-state index is -0.479. The lowest BCUT2D eigenvalue weighted by atomic mass is 9.96. The number of nitrogens with two attached hydrogens (primary N) is 1. The van der Waals surface area contributed by atoms with E-state index in [2.05, 4.69) is 19.2 Å². The number of nitrogens with one attached hydrogen (secondary N) is 1. The van der Waals surface area contributed by atoms with Gasteiger partial charge in [-0.05, 0) is 45.3 Å². The van der Waals surface area contributed by atoms with Gasteiger partial charge < -0.3 is 15.8 Å². The van der Waals surface area contributed by atoms with Crippen LogP contribution in [0.25, 0.3) is 0 Å². The second-order valence-corrected chi connectivity index (χ2v) is 6.74. The van der Waals surface area contributed by atoms with Gasteiger partial charge in [0.25, 0.3) is 0 Å². The Morgan fingerprint density at radius 3 is 2.89 bits per heavy atom. The summed E-state index contributed by atoms with van der Waals surface area (Å²) in [4.78, 5) is 11.7. The smallest absolute Gasteiger partial charge is 0.237 e. The number of hydrogen-bond acceptors (Lipinski definition) is 4. The van der Waals surface area contributed by atoms with E-state index in [1.165, 1.54) is 0 Å². The Kier molecular flexibility index (Phi) is 6.46. The minimum absolute atomic E-state index is 0.198. The number of rotatable bonds is 8. The standard InChI is InChI=1S/C13H26N2O2S/c1-10(2)15-13(12(14)16)6-5-11(9-13)18-8-4-7-17-3/h10-11,15H,4-9H2,1-3H3,(H2,14,16). The molecule has 1 aliphatic carbocycles. The number of carbonyl (C=O) groups excluding carboxylic acids is 1. The molecule has 3 N–H and O–H groups in total. The molecule has 18 heavy (non-hydrogen) atoms. The van der Waals surface area contributed by atoms with Crippen LogP contribution >= 0.6 is 11.8 Å². The Labute approximate surface area is 114 Å². The third-order valence-electron chi connectivity index (χ3n) is 3.35. The largest absolute Gasteiger partial charge is 0.385 e. The first-order valence-corrected chi connectivity index (χ1v) is 7.73. The molecule has 1 amide bonds. The van der Waals surface area contributed by atoms with Gasteiger partial charge in [0.15, 0.2) is 0 Å². The van der Waals surface area contributed by atoms with Crippen LogP contribution < -0.4 is 11.1 Å². The Morgan fingerprint density at radius 2 is 2.33 bits per heavy atom. The highest BCUT2D eigenvalue weighted by atomic mass is 32.2. The van der Waals surface area contributed by atoms with Gasteiger partial charge in [0.2, 0.25) is 5.91 Å². The fraction of sp³-hybridized carbons (Fsp3) is 0.923. The van der Waals surface area contributed by atoms with E-state index < -0.39 is 5.54 Å². The summed E-state index contributed by atoms with van der Waals surface area (Å²) in [6.45, 7) is 4.93. The number of thioether (sulfide) groups is 1. The summed E-state index contributed by atoms with van der Waals surface area (Å²) in [6, 6.07) is 0.287. The van der Waals surface area contributed by atoms with Crippen LogP contribution in [0.3, 0.4) is 0 Å². The van der Waals surface area contributed by atoms with Crippen LogP contribution in [-0.4, -0.2) is 42.2 Å². The van der Waals surface area contributed by atoms with Gasteiger partial charge in [-0.25, -0.2) is 0 Å². The normalized spacial score (nSPS) is 27.9. The van der Waals surface area contributed by atoms with Crippen molar-refractivity contribution in [3.05, 3.63) is 0 Å². The van der Waals surface area contributed by atoms with Gasteiger partial charge in [-0.3, -0.25) is 4.79 Å². The summed E-state index contributed by atoms with van der Waals surface area (Å²) in [6.07, 6.45) is 3.86. The number of hydrogen-bond donors (Lipinski definition) is 2. The maximum Gasteiger partial charge on any atom is 0.237 e. The van der Waals surface area contributed by atoms with Crippen LogP contribution in [0.2, 0.25) is 0 Å². The summed E-state index contributed by atoms with van der Waals surface area (Å²) in [7, 11) is 1.73. The molecule has 0 bridgehead atoms. The number of ether oxygens (including phenoxy) is 1. The average Bonchev–Trinajstić information content (AvgIpc) is 2.68. The second kappa shape index (κ2) is 7.36. The van der Waals surface area contributed by atoms with Crippen molar-refractivity contribution in [2.45, 2.75) is 56.4 Å². The third-order valence-corrected chi connectivity index (χ3v) is 4.75. The van der Waals surface area contributed by atoms with Crippen molar-refractivity contribution in [3.63, 3.8) is 0 Å². The average molecular weight is 274 g/mol. The topological polar surface area (TPSA) is 64.3 Å². The molecular weight excluding hydrogens is 248 g/mol. The molecule has 0 aliphatic heterocycles. The zero-order chi connectivity index (χ0) is 13.6. The Morgan fingerprint density at radius 1 is 1.61 bits per heavy atom. The molecule has 0 aromatic heterocycles. The summed E-state index contributed by atoms with van der Waals surface area (Å²) in [5.41, 5.74) is 5.11. The van der Waals surface area contributed by atoms with Crippen molar-refractivity contribution in [1.29, 1.82) is 0 Å². The highest BCUT2D eigenvalue weighted by Gasteiger charge is 2.44. The van der Waals surface area contributed by atoms with Crippen molar-refractivity contribution >= 4 is 17.7 Å². The van der Waals surface area contributed by atoms with Gasteiger partial charge in [-0.1, -0.05) is 0 Å². The first-order chi connectivity index (χ1) is 8.50. The Bertz CT molecular complexity index is 274.